The van der Waals surface area contributed by atoms with E-state index < -0.39 is 11.0 Å². The van der Waals surface area contributed by atoms with Gasteiger partial charge in [0.15, 0.2) is 0 Å². The molecule has 0 unspecified atom stereocenters. The van der Waals surface area contributed by atoms with Crippen LogP contribution in [0.2, 0.25) is 5.02 Å². The molecule has 0 aromatic heterocycles. The van der Waals surface area contributed by atoms with Crippen molar-refractivity contribution in [3.63, 3.8) is 0 Å². The predicted octanol–water partition coefficient (Wildman–Crippen LogP) is 2.18. The van der Waals surface area contributed by atoms with Gasteiger partial charge < -0.3 is 10.6 Å². The first-order chi connectivity index (χ1) is 8.99. The summed E-state index contributed by atoms with van der Waals surface area (Å²) in [5, 5.41) is 17.0. The molecule has 1 fully saturated rings. The number of rotatable bonds is 3. The lowest BCUT2D eigenvalue weighted by molar-refractivity contribution is -0.384. The average Bonchev–Trinajstić information content (AvgIpc) is 2.35. The number of benzene rings is 1. The molecule has 0 saturated carbocycles. The number of nitrogens with one attached hydrogen (secondary N) is 2. The van der Waals surface area contributed by atoms with E-state index in [-0.39, 0.29) is 17.5 Å². The van der Waals surface area contributed by atoms with Crippen LogP contribution in [0, 0.1) is 16.0 Å². The van der Waals surface area contributed by atoms with E-state index in [1.54, 1.807) is 6.07 Å². The molecule has 1 aliphatic rings. The van der Waals surface area contributed by atoms with Crippen molar-refractivity contribution in [2.24, 2.45) is 5.92 Å². The van der Waals surface area contributed by atoms with Crippen molar-refractivity contribution in [1.29, 1.82) is 0 Å². The zero-order chi connectivity index (χ0) is 14.0. The van der Waals surface area contributed by atoms with E-state index in [1.165, 1.54) is 12.1 Å². The normalized spacial score (nSPS) is 22.7. The lowest BCUT2D eigenvalue weighted by atomic mass is 9.94. The number of nitrogens with zero attached hydrogens (tertiary/aromatic N) is 1. The summed E-state index contributed by atoms with van der Waals surface area (Å²) < 4.78 is 0. The number of nitro benzene ring substituents is 1. The summed E-state index contributed by atoms with van der Waals surface area (Å²) in [5.74, 6) is -0.0213. The minimum absolute atomic E-state index is 0.115. The zero-order valence-corrected chi connectivity index (χ0v) is 11.1. The van der Waals surface area contributed by atoms with Gasteiger partial charge in [-0.3, -0.25) is 14.9 Å². The van der Waals surface area contributed by atoms with Crippen LogP contribution in [0.25, 0.3) is 0 Å². The number of anilines is 1. The van der Waals surface area contributed by atoms with Gasteiger partial charge in [-0.2, -0.15) is 0 Å². The van der Waals surface area contributed by atoms with Gasteiger partial charge in [-0.25, -0.2) is 0 Å². The van der Waals surface area contributed by atoms with Crippen molar-refractivity contribution >= 4 is 28.9 Å². The highest BCUT2D eigenvalue weighted by molar-refractivity contribution is 6.30. The summed E-state index contributed by atoms with van der Waals surface area (Å²) in [4.78, 5) is 22.3. The van der Waals surface area contributed by atoms with Crippen molar-refractivity contribution in [1.82, 2.24) is 5.32 Å². The first-order valence-electron chi connectivity index (χ1n) is 5.97. The Morgan fingerprint density at radius 2 is 2.26 bits per heavy atom. The molecule has 1 amide bonds. The van der Waals surface area contributed by atoms with Gasteiger partial charge in [0, 0.05) is 17.6 Å². The third-order valence-electron chi connectivity index (χ3n) is 3.22. The minimum atomic E-state index is -0.514. The molecule has 19 heavy (non-hydrogen) atoms. The van der Waals surface area contributed by atoms with Crippen LogP contribution in [-0.2, 0) is 4.79 Å². The van der Waals surface area contributed by atoms with Crippen LogP contribution in [0.5, 0.6) is 0 Å². The van der Waals surface area contributed by atoms with Gasteiger partial charge in [-0.05, 0) is 24.5 Å². The van der Waals surface area contributed by atoms with Crippen molar-refractivity contribution in [2.75, 3.05) is 11.9 Å². The van der Waals surface area contributed by atoms with Crippen molar-refractivity contribution in [3.8, 4) is 0 Å². The summed E-state index contributed by atoms with van der Waals surface area (Å²) >= 11 is 5.75. The van der Waals surface area contributed by atoms with E-state index >= 15 is 0 Å². The van der Waals surface area contributed by atoms with Gasteiger partial charge in [0.25, 0.3) is 5.69 Å². The van der Waals surface area contributed by atoms with Crippen LogP contribution >= 0.6 is 11.6 Å². The maximum Gasteiger partial charge on any atom is 0.293 e. The minimum Gasteiger partial charge on any atom is -0.368 e. The molecule has 1 saturated heterocycles. The summed E-state index contributed by atoms with van der Waals surface area (Å²) in [7, 11) is 0. The summed E-state index contributed by atoms with van der Waals surface area (Å²) in [5.41, 5.74) is 0.182. The van der Waals surface area contributed by atoms with Gasteiger partial charge in [-0.15, -0.1) is 0 Å². The second-order valence-corrected chi connectivity index (χ2v) is 5.03. The van der Waals surface area contributed by atoms with Crippen LogP contribution in [0.1, 0.15) is 13.3 Å². The molecule has 2 rings (SSSR count). The number of carbonyl (C=O) groups is 1. The number of piperidine rings is 1. The summed E-state index contributed by atoms with van der Waals surface area (Å²) in [6.45, 7) is 2.58. The Labute approximate surface area is 115 Å². The largest absolute Gasteiger partial charge is 0.368 e. The first-order valence-corrected chi connectivity index (χ1v) is 6.35. The van der Waals surface area contributed by atoms with Gasteiger partial charge >= 0.3 is 0 Å². The summed E-state index contributed by atoms with van der Waals surface area (Å²) in [6.07, 6.45) is 0.838. The SMILES string of the molecule is C[C@H]1CCNC(=O)[C@@H]1Nc1ccc(Cl)cc1[N+](=O)[O-]. The number of nitro groups is 1. The van der Waals surface area contributed by atoms with Gasteiger partial charge in [0.1, 0.15) is 11.7 Å². The van der Waals surface area contributed by atoms with Crippen LogP contribution in [0.15, 0.2) is 18.2 Å². The van der Waals surface area contributed by atoms with Crippen LogP contribution in [0.3, 0.4) is 0 Å². The van der Waals surface area contributed by atoms with Crippen molar-refractivity contribution < 1.29 is 9.72 Å². The number of hydrogen-bond donors (Lipinski definition) is 2. The van der Waals surface area contributed by atoms with Crippen LogP contribution < -0.4 is 10.6 Å². The highest BCUT2D eigenvalue weighted by Crippen LogP contribution is 2.29. The molecule has 1 aromatic carbocycles. The van der Waals surface area contributed by atoms with Gasteiger partial charge in [-0.1, -0.05) is 18.5 Å². The molecule has 102 valence electrons. The standard InChI is InChI=1S/C12H14ClN3O3/c1-7-4-5-14-12(17)11(7)15-9-3-2-8(13)6-10(9)16(18)19/h2-3,6-7,11,15H,4-5H2,1H3,(H,14,17)/t7-,11+/m0/s1. The van der Waals surface area contributed by atoms with Crippen LogP contribution in [-0.4, -0.2) is 23.4 Å². The quantitative estimate of drug-likeness (QED) is 0.658. The molecule has 2 N–H and O–H groups in total. The highest BCUT2D eigenvalue weighted by atomic mass is 35.5. The van der Waals surface area contributed by atoms with E-state index in [0.29, 0.717) is 17.3 Å². The second kappa shape index (κ2) is 5.44. The number of halogens is 1. The van der Waals surface area contributed by atoms with Gasteiger partial charge in [0.05, 0.1) is 4.92 Å². The zero-order valence-electron chi connectivity index (χ0n) is 10.4. The maximum absolute atomic E-state index is 11.8. The molecule has 0 aliphatic carbocycles. The Kier molecular flexibility index (Phi) is 3.90. The number of amides is 1. The molecule has 1 aliphatic heterocycles. The Bertz CT molecular complexity index is 521. The maximum atomic E-state index is 11.8. The lowest BCUT2D eigenvalue weighted by Crippen LogP contribution is -2.49. The molecule has 0 spiro atoms. The Balaban J connectivity index is 2.27. The first kappa shape index (κ1) is 13.6. The predicted molar refractivity (Wildman–Crippen MR) is 72.3 cm³/mol. The van der Waals surface area contributed by atoms with E-state index in [4.69, 9.17) is 11.6 Å². The number of carbonyl (C=O) groups excluding carboxylic acids is 1. The smallest absolute Gasteiger partial charge is 0.293 e. The molecular formula is C12H14ClN3O3. The Morgan fingerprint density at radius 3 is 2.89 bits per heavy atom. The van der Waals surface area contributed by atoms with Crippen LogP contribution in [0.4, 0.5) is 11.4 Å². The Hall–Kier alpha value is -1.82. The number of hydrogen-bond acceptors (Lipinski definition) is 4. The molecule has 0 bridgehead atoms. The van der Waals surface area contributed by atoms with Crippen molar-refractivity contribution in [3.05, 3.63) is 33.3 Å². The monoisotopic (exact) mass is 283 g/mol. The fourth-order valence-corrected chi connectivity index (χ4v) is 2.28. The van der Waals surface area contributed by atoms with E-state index in [0.717, 1.165) is 6.42 Å². The molecule has 7 heteroatoms. The fraction of sp³-hybridized carbons (Fsp3) is 0.417. The molecule has 1 heterocycles. The highest BCUT2D eigenvalue weighted by Gasteiger charge is 2.30. The van der Waals surface area contributed by atoms with Crippen molar-refractivity contribution in [2.45, 2.75) is 19.4 Å². The van der Waals surface area contributed by atoms with E-state index in [2.05, 4.69) is 10.6 Å². The molecule has 6 nitrogen and oxygen atoms in total. The second-order valence-electron chi connectivity index (χ2n) is 4.60. The summed E-state index contributed by atoms with van der Waals surface area (Å²) in [6, 6.07) is 3.89. The van der Waals surface area contributed by atoms with E-state index in [9.17, 15) is 14.9 Å². The van der Waals surface area contributed by atoms with E-state index in [1.807, 2.05) is 6.92 Å². The Morgan fingerprint density at radius 1 is 1.53 bits per heavy atom. The third kappa shape index (κ3) is 2.96. The third-order valence-corrected chi connectivity index (χ3v) is 3.45. The fourth-order valence-electron chi connectivity index (χ4n) is 2.11. The molecule has 2 atom stereocenters. The lowest BCUT2D eigenvalue weighted by Gasteiger charge is -2.29. The van der Waals surface area contributed by atoms with Gasteiger partial charge in [0.2, 0.25) is 5.91 Å². The topological polar surface area (TPSA) is 84.3 Å². The average molecular weight is 284 g/mol. The molecule has 0 radical (unpaired) electrons. The molecule has 1 aromatic rings. The molecular weight excluding hydrogens is 270 g/mol.